The van der Waals surface area contributed by atoms with Crippen molar-refractivity contribution in [2.45, 2.75) is 6.92 Å². The Labute approximate surface area is 81.1 Å². The zero-order chi connectivity index (χ0) is 10.9. The maximum atomic E-state index is 13.2. The second-order valence-corrected chi connectivity index (χ2v) is 3.22. The topological polar surface area (TPSA) is 46.4 Å². The highest BCUT2D eigenvalue weighted by atomic mass is 19.1. The summed E-state index contributed by atoms with van der Waals surface area (Å²) < 4.78 is 13.2. The maximum Gasteiger partial charge on any atom is 0.274 e. The van der Waals surface area contributed by atoms with Crippen LogP contribution in [0.4, 0.5) is 15.8 Å². The van der Waals surface area contributed by atoms with Crippen molar-refractivity contribution in [3.63, 3.8) is 0 Å². The average molecular weight is 198 g/mol. The number of anilines is 1. The van der Waals surface area contributed by atoms with Crippen LogP contribution in [0.1, 0.15) is 5.56 Å². The predicted molar refractivity (Wildman–Crippen MR) is 52.1 cm³/mol. The number of rotatable bonds is 2. The van der Waals surface area contributed by atoms with Crippen LogP contribution in [0.2, 0.25) is 0 Å². The summed E-state index contributed by atoms with van der Waals surface area (Å²) >= 11 is 0. The number of nitro groups is 1. The summed E-state index contributed by atoms with van der Waals surface area (Å²) in [5, 5.41) is 10.5. The average Bonchev–Trinajstić information content (AvgIpc) is 2.08. The van der Waals surface area contributed by atoms with E-state index < -0.39 is 10.7 Å². The highest BCUT2D eigenvalue weighted by molar-refractivity contribution is 5.58. The lowest BCUT2D eigenvalue weighted by atomic mass is 10.1. The molecule has 0 unspecified atom stereocenters. The summed E-state index contributed by atoms with van der Waals surface area (Å²) in [7, 11) is 3.43. The molecule has 0 aliphatic carbocycles. The Balaban J connectivity index is 3.35. The van der Waals surface area contributed by atoms with Crippen LogP contribution < -0.4 is 4.90 Å². The van der Waals surface area contributed by atoms with Crippen molar-refractivity contribution in [3.05, 3.63) is 33.6 Å². The van der Waals surface area contributed by atoms with Gasteiger partial charge in [-0.3, -0.25) is 10.1 Å². The predicted octanol–water partition coefficient (Wildman–Crippen LogP) is 2.11. The number of benzene rings is 1. The molecule has 0 aliphatic rings. The second-order valence-electron chi connectivity index (χ2n) is 3.22. The van der Waals surface area contributed by atoms with Gasteiger partial charge in [0.25, 0.3) is 5.69 Å². The summed E-state index contributed by atoms with van der Waals surface area (Å²) in [5.41, 5.74) is 0.717. The van der Waals surface area contributed by atoms with Crippen LogP contribution in [0, 0.1) is 22.9 Å². The Kier molecular flexibility index (Phi) is 2.69. The van der Waals surface area contributed by atoms with E-state index in [4.69, 9.17) is 0 Å². The summed E-state index contributed by atoms with van der Waals surface area (Å²) in [6, 6.07) is 2.29. The monoisotopic (exact) mass is 198 g/mol. The maximum absolute atomic E-state index is 13.2. The molecular formula is C9H11FN2O2. The lowest BCUT2D eigenvalue weighted by Gasteiger charge is -2.15. The van der Waals surface area contributed by atoms with Crippen LogP contribution >= 0.6 is 0 Å². The molecule has 14 heavy (non-hydrogen) atoms. The fraction of sp³-hybridized carbons (Fsp3) is 0.333. The summed E-state index contributed by atoms with van der Waals surface area (Å²) in [5.74, 6) is -0.553. The normalized spacial score (nSPS) is 10.0. The van der Waals surface area contributed by atoms with E-state index >= 15 is 0 Å². The van der Waals surface area contributed by atoms with E-state index in [0.717, 1.165) is 6.07 Å². The summed E-state index contributed by atoms with van der Waals surface area (Å²) in [6.45, 7) is 1.59. The zero-order valence-corrected chi connectivity index (χ0v) is 8.24. The van der Waals surface area contributed by atoms with Gasteiger partial charge in [-0.1, -0.05) is 0 Å². The third-order valence-corrected chi connectivity index (χ3v) is 1.99. The van der Waals surface area contributed by atoms with Gasteiger partial charge in [-0.15, -0.1) is 0 Å². The van der Waals surface area contributed by atoms with E-state index in [1.54, 1.807) is 25.9 Å². The molecule has 0 atom stereocenters. The number of halogens is 1. The van der Waals surface area contributed by atoms with Crippen LogP contribution in [-0.4, -0.2) is 19.0 Å². The highest BCUT2D eigenvalue weighted by Gasteiger charge is 2.14. The molecule has 0 bridgehead atoms. The third-order valence-electron chi connectivity index (χ3n) is 1.99. The standard InChI is InChI=1S/C9H11FN2O2/c1-6-8(10)4-7(12(13)14)5-9(6)11(2)3/h4-5H,1-3H3. The van der Waals surface area contributed by atoms with Gasteiger partial charge in [-0.2, -0.15) is 0 Å². The van der Waals surface area contributed by atoms with Gasteiger partial charge < -0.3 is 4.90 Å². The van der Waals surface area contributed by atoms with Crippen molar-refractivity contribution in [2.75, 3.05) is 19.0 Å². The first kappa shape index (κ1) is 10.4. The Hall–Kier alpha value is -1.65. The van der Waals surface area contributed by atoms with Crippen LogP contribution in [0.3, 0.4) is 0 Å². The molecular weight excluding hydrogens is 187 g/mol. The molecule has 0 heterocycles. The number of non-ortho nitro benzene ring substituents is 1. The molecule has 0 amide bonds. The van der Waals surface area contributed by atoms with Gasteiger partial charge in [0.2, 0.25) is 0 Å². The van der Waals surface area contributed by atoms with E-state index in [-0.39, 0.29) is 5.69 Å². The lowest BCUT2D eigenvalue weighted by molar-refractivity contribution is -0.385. The van der Waals surface area contributed by atoms with Crippen LogP contribution in [0.25, 0.3) is 0 Å². The lowest BCUT2D eigenvalue weighted by Crippen LogP contribution is -2.11. The first-order chi connectivity index (χ1) is 6.43. The second kappa shape index (κ2) is 3.61. The van der Waals surface area contributed by atoms with Crippen molar-refractivity contribution in [1.29, 1.82) is 0 Å². The molecule has 0 aromatic heterocycles. The summed E-state index contributed by atoms with van der Waals surface area (Å²) in [4.78, 5) is 11.5. The van der Waals surface area contributed by atoms with Crippen LogP contribution in [-0.2, 0) is 0 Å². The first-order valence-corrected chi connectivity index (χ1v) is 4.05. The van der Waals surface area contributed by atoms with Gasteiger partial charge in [-0.05, 0) is 6.92 Å². The number of hydrogen-bond donors (Lipinski definition) is 0. The Morgan fingerprint density at radius 1 is 1.43 bits per heavy atom. The number of hydrogen-bond acceptors (Lipinski definition) is 3. The van der Waals surface area contributed by atoms with Gasteiger partial charge >= 0.3 is 0 Å². The molecule has 0 saturated carbocycles. The first-order valence-electron chi connectivity index (χ1n) is 4.05. The number of nitrogens with zero attached hydrogens (tertiary/aromatic N) is 2. The van der Waals surface area contributed by atoms with E-state index in [9.17, 15) is 14.5 Å². The van der Waals surface area contributed by atoms with Gasteiger partial charge in [0.1, 0.15) is 5.82 Å². The molecule has 0 aliphatic heterocycles. The van der Waals surface area contributed by atoms with Gasteiger partial charge in [-0.25, -0.2) is 4.39 Å². The van der Waals surface area contributed by atoms with Crippen molar-refractivity contribution < 1.29 is 9.31 Å². The third kappa shape index (κ3) is 1.81. The smallest absolute Gasteiger partial charge is 0.274 e. The molecule has 1 aromatic rings. The van der Waals surface area contributed by atoms with E-state index in [1.807, 2.05) is 0 Å². The number of nitro benzene ring substituents is 1. The van der Waals surface area contributed by atoms with Crippen molar-refractivity contribution in [1.82, 2.24) is 0 Å². The molecule has 0 saturated heterocycles. The summed E-state index contributed by atoms with van der Waals surface area (Å²) in [6.07, 6.45) is 0. The molecule has 4 nitrogen and oxygen atoms in total. The van der Waals surface area contributed by atoms with E-state index in [2.05, 4.69) is 0 Å². The molecule has 1 aromatic carbocycles. The fourth-order valence-corrected chi connectivity index (χ4v) is 1.22. The fourth-order valence-electron chi connectivity index (χ4n) is 1.22. The molecule has 1 rings (SSSR count). The van der Waals surface area contributed by atoms with Gasteiger partial charge in [0, 0.05) is 31.4 Å². The highest BCUT2D eigenvalue weighted by Crippen LogP contribution is 2.26. The van der Waals surface area contributed by atoms with Crippen LogP contribution in [0.15, 0.2) is 12.1 Å². The molecule has 0 spiro atoms. The molecule has 76 valence electrons. The van der Waals surface area contributed by atoms with Crippen LogP contribution in [0.5, 0.6) is 0 Å². The molecule has 5 heteroatoms. The largest absolute Gasteiger partial charge is 0.377 e. The minimum Gasteiger partial charge on any atom is -0.377 e. The zero-order valence-electron chi connectivity index (χ0n) is 8.24. The van der Waals surface area contributed by atoms with Gasteiger partial charge in [0.05, 0.1) is 11.0 Å². The minimum atomic E-state index is -0.602. The van der Waals surface area contributed by atoms with Crippen molar-refractivity contribution in [3.8, 4) is 0 Å². The van der Waals surface area contributed by atoms with E-state index in [0.29, 0.717) is 11.3 Å². The van der Waals surface area contributed by atoms with Crippen molar-refractivity contribution >= 4 is 11.4 Å². The Morgan fingerprint density at radius 2 is 2.00 bits per heavy atom. The molecule has 0 N–H and O–H groups in total. The Morgan fingerprint density at radius 3 is 2.43 bits per heavy atom. The van der Waals surface area contributed by atoms with E-state index in [1.165, 1.54) is 6.07 Å². The van der Waals surface area contributed by atoms with Crippen molar-refractivity contribution in [2.24, 2.45) is 0 Å². The quantitative estimate of drug-likeness (QED) is 0.540. The van der Waals surface area contributed by atoms with Gasteiger partial charge in [0.15, 0.2) is 0 Å². The minimum absolute atomic E-state index is 0.225. The Bertz CT molecular complexity index is 377. The molecule has 0 fully saturated rings. The molecule has 0 radical (unpaired) electrons. The SMILES string of the molecule is Cc1c(F)cc([N+](=O)[O-])cc1N(C)C.